The molecule has 4 rings (SSSR count). The lowest BCUT2D eigenvalue weighted by molar-refractivity contribution is 0.0873. The van der Waals surface area contributed by atoms with E-state index < -0.39 is 0 Å². The third kappa shape index (κ3) is 3.86. The van der Waals surface area contributed by atoms with Gasteiger partial charge in [-0.15, -0.1) is 5.10 Å². The molecule has 2 heterocycles. The van der Waals surface area contributed by atoms with Crippen molar-refractivity contribution < 1.29 is 9.47 Å². The third-order valence-corrected chi connectivity index (χ3v) is 4.23. The summed E-state index contributed by atoms with van der Waals surface area (Å²) in [6, 6.07) is 15.2. The van der Waals surface area contributed by atoms with Crippen molar-refractivity contribution in [3.05, 3.63) is 59.8 Å². The maximum Gasteiger partial charge on any atom is 0.243 e. The number of fused-ring (bicyclic) bond motifs is 1. The molecule has 6 nitrogen and oxygen atoms in total. The highest BCUT2D eigenvalue weighted by atomic mass is 35.5. The monoisotopic (exact) mass is 368 g/mol. The Morgan fingerprint density at radius 1 is 1.12 bits per heavy atom. The van der Waals surface area contributed by atoms with Crippen molar-refractivity contribution in [2.45, 2.75) is 12.5 Å². The van der Waals surface area contributed by atoms with Crippen LogP contribution in [0.5, 0.6) is 11.5 Å². The maximum absolute atomic E-state index is 6.03. The molecule has 7 heteroatoms. The Balaban J connectivity index is 1.35. The van der Waals surface area contributed by atoms with E-state index in [0.717, 1.165) is 29.2 Å². The number of halogens is 1. The van der Waals surface area contributed by atoms with Crippen LogP contribution in [0.3, 0.4) is 0 Å². The van der Waals surface area contributed by atoms with Crippen LogP contribution in [-0.2, 0) is 0 Å². The van der Waals surface area contributed by atoms with Crippen LogP contribution in [0.25, 0.3) is 11.3 Å². The molecule has 1 N–H and O–H groups in total. The van der Waals surface area contributed by atoms with Gasteiger partial charge in [-0.25, -0.2) is 4.98 Å². The van der Waals surface area contributed by atoms with Crippen molar-refractivity contribution >= 4 is 17.5 Å². The highest BCUT2D eigenvalue weighted by Crippen LogP contribution is 2.31. The first-order valence-corrected chi connectivity index (χ1v) is 8.74. The van der Waals surface area contributed by atoms with Gasteiger partial charge in [0, 0.05) is 23.6 Å². The van der Waals surface area contributed by atoms with E-state index in [0.29, 0.717) is 24.1 Å². The fourth-order valence-electron chi connectivity index (χ4n) is 2.72. The van der Waals surface area contributed by atoms with Gasteiger partial charge < -0.3 is 14.8 Å². The van der Waals surface area contributed by atoms with E-state index in [1.807, 2.05) is 48.5 Å². The molecule has 3 aromatic rings. The number of hydrogen-bond donors (Lipinski definition) is 1. The molecule has 0 aliphatic carbocycles. The summed E-state index contributed by atoms with van der Waals surface area (Å²) >= 11 is 6.03. The molecule has 132 valence electrons. The van der Waals surface area contributed by atoms with Crippen molar-refractivity contribution in [3.63, 3.8) is 0 Å². The van der Waals surface area contributed by atoms with Crippen LogP contribution in [0.4, 0.5) is 5.95 Å². The SMILES string of the molecule is Clc1cccc(-c2cnnc(NCC[C@H]3COc4ccccc4O3)n2)c1. The number of para-hydroxylation sites is 2. The summed E-state index contributed by atoms with van der Waals surface area (Å²) in [5.74, 6) is 2.04. The van der Waals surface area contributed by atoms with Gasteiger partial charge in [-0.3, -0.25) is 0 Å². The molecule has 0 fully saturated rings. The molecule has 2 aromatic carbocycles. The molecule has 1 aliphatic heterocycles. The summed E-state index contributed by atoms with van der Waals surface area (Å²) in [7, 11) is 0. The van der Waals surface area contributed by atoms with E-state index >= 15 is 0 Å². The van der Waals surface area contributed by atoms with E-state index in [1.165, 1.54) is 0 Å². The standard InChI is InChI=1S/C19H17ClN4O2/c20-14-5-3-4-13(10-14)16-11-22-24-19(23-16)21-9-8-15-12-25-17-6-1-2-7-18(17)26-15/h1-7,10-11,15H,8-9,12H2,(H,21,23,24)/t15-/m0/s1. The van der Waals surface area contributed by atoms with Crippen LogP contribution < -0.4 is 14.8 Å². The number of benzene rings is 2. The largest absolute Gasteiger partial charge is 0.486 e. The second kappa shape index (κ2) is 7.58. The average Bonchev–Trinajstić information content (AvgIpc) is 2.68. The van der Waals surface area contributed by atoms with Crippen LogP contribution >= 0.6 is 11.6 Å². The second-order valence-electron chi connectivity index (χ2n) is 5.89. The quantitative estimate of drug-likeness (QED) is 0.738. The summed E-state index contributed by atoms with van der Waals surface area (Å²) in [6.45, 7) is 1.18. The Bertz CT molecular complexity index is 906. The van der Waals surface area contributed by atoms with Gasteiger partial charge in [0.1, 0.15) is 12.7 Å². The highest BCUT2D eigenvalue weighted by molar-refractivity contribution is 6.30. The number of ether oxygens (including phenoxy) is 2. The van der Waals surface area contributed by atoms with Gasteiger partial charge in [0.15, 0.2) is 11.5 Å². The van der Waals surface area contributed by atoms with Crippen LogP contribution in [0, 0.1) is 0 Å². The van der Waals surface area contributed by atoms with Crippen molar-refractivity contribution in [2.75, 3.05) is 18.5 Å². The Morgan fingerprint density at radius 3 is 2.88 bits per heavy atom. The first-order valence-electron chi connectivity index (χ1n) is 8.36. The van der Waals surface area contributed by atoms with Gasteiger partial charge in [0.05, 0.1) is 11.9 Å². The minimum atomic E-state index is -0.0125. The van der Waals surface area contributed by atoms with E-state index in [-0.39, 0.29) is 6.10 Å². The topological polar surface area (TPSA) is 69.2 Å². The van der Waals surface area contributed by atoms with E-state index in [9.17, 15) is 0 Å². The van der Waals surface area contributed by atoms with Gasteiger partial charge in [-0.2, -0.15) is 5.10 Å². The molecular weight excluding hydrogens is 352 g/mol. The number of rotatable bonds is 5. The molecule has 0 unspecified atom stereocenters. The van der Waals surface area contributed by atoms with E-state index in [1.54, 1.807) is 6.20 Å². The summed E-state index contributed by atoms with van der Waals surface area (Å²) in [5, 5.41) is 11.9. The minimum Gasteiger partial charge on any atom is -0.486 e. The predicted octanol–water partition coefficient (Wildman–Crippen LogP) is 3.83. The zero-order valence-electron chi connectivity index (χ0n) is 13.9. The summed E-state index contributed by atoms with van der Waals surface area (Å²) in [4.78, 5) is 4.49. The molecule has 26 heavy (non-hydrogen) atoms. The van der Waals surface area contributed by atoms with Gasteiger partial charge in [-0.05, 0) is 24.3 Å². The van der Waals surface area contributed by atoms with Crippen LogP contribution in [0.15, 0.2) is 54.7 Å². The van der Waals surface area contributed by atoms with Crippen molar-refractivity contribution in [1.82, 2.24) is 15.2 Å². The predicted molar refractivity (Wildman–Crippen MR) is 99.7 cm³/mol. The number of nitrogens with one attached hydrogen (secondary N) is 1. The zero-order chi connectivity index (χ0) is 17.8. The van der Waals surface area contributed by atoms with Crippen molar-refractivity contribution in [3.8, 4) is 22.8 Å². The molecule has 0 amide bonds. The maximum atomic E-state index is 6.03. The van der Waals surface area contributed by atoms with Crippen LogP contribution in [0.2, 0.25) is 5.02 Å². The van der Waals surface area contributed by atoms with Gasteiger partial charge in [0.2, 0.25) is 5.95 Å². The fourth-order valence-corrected chi connectivity index (χ4v) is 2.91. The lowest BCUT2D eigenvalue weighted by Gasteiger charge is -2.26. The molecule has 0 bridgehead atoms. The number of anilines is 1. The lowest BCUT2D eigenvalue weighted by Crippen LogP contribution is -2.31. The third-order valence-electron chi connectivity index (χ3n) is 4.00. The fraction of sp³-hybridized carbons (Fsp3) is 0.211. The Labute approximate surface area is 156 Å². The summed E-state index contributed by atoms with van der Waals surface area (Å²) in [6.07, 6.45) is 2.37. The normalized spacial score (nSPS) is 15.5. The van der Waals surface area contributed by atoms with Crippen molar-refractivity contribution in [1.29, 1.82) is 0 Å². The number of aromatic nitrogens is 3. The zero-order valence-corrected chi connectivity index (χ0v) is 14.7. The Morgan fingerprint density at radius 2 is 2.00 bits per heavy atom. The van der Waals surface area contributed by atoms with Gasteiger partial charge in [0.25, 0.3) is 0 Å². The van der Waals surface area contributed by atoms with E-state index in [4.69, 9.17) is 21.1 Å². The number of hydrogen-bond acceptors (Lipinski definition) is 6. The molecule has 0 saturated carbocycles. The van der Waals surface area contributed by atoms with Gasteiger partial charge in [-0.1, -0.05) is 35.9 Å². The summed E-state index contributed by atoms with van der Waals surface area (Å²) in [5.41, 5.74) is 1.62. The molecule has 1 aliphatic rings. The molecule has 1 atom stereocenters. The minimum absolute atomic E-state index is 0.0125. The Hall–Kier alpha value is -2.86. The average molecular weight is 369 g/mol. The van der Waals surface area contributed by atoms with Gasteiger partial charge >= 0.3 is 0 Å². The van der Waals surface area contributed by atoms with Crippen LogP contribution in [0.1, 0.15) is 6.42 Å². The first kappa shape index (κ1) is 16.6. The lowest BCUT2D eigenvalue weighted by atomic mass is 10.2. The molecular formula is C19H17ClN4O2. The smallest absolute Gasteiger partial charge is 0.243 e. The molecule has 0 radical (unpaired) electrons. The second-order valence-corrected chi connectivity index (χ2v) is 6.33. The Kier molecular flexibility index (Phi) is 4.84. The molecule has 0 saturated heterocycles. The molecule has 1 aromatic heterocycles. The summed E-state index contributed by atoms with van der Waals surface area (Å²) < 4.78 is 11.7. The van der Waals surface area contributed by atoms with Crippen molar-refractivity contribution in [2.24, 2.45) is 0 Å². The van der Waals surface area contributed by atoms with Crippen LogP contribution in [-0.4, -0.2) is 34.4 Å². The number of nitrogens with zero attached hydrogens (tertiary/aromatic N) is 3. The van der Waals surface area contributed by atoms with E-state index in [2.05, 4.69) is 20.5 Å². The highest BCUT2D eigenvalue weighted by Gasteiger charge is 2.20. The molecule has 0 spiro atoms. The first-order chi connectivity index (χ1) is 12.8.